The predicted molar refractivity (Wildman–Crippen MR) is 75.9 cm³/mol. The van der Waals surface area contributed by atoms with E-state index in [9.17, 15) is 0 Å². The Balaban J connectivity index is 2.96. The number of nitrogens with zero attached hydrogens (tertiary/aromatic N) is 2. The van der Waals surface area contributed by atoms with E-state index in [1.165, 1.54) is 0 Å². The van der Waals surface area contributed by atoms with E-state index in [-0.39, 0.29) is 0 Å². The molecule has 1 heterocycles. The lowest BCUT2D eigenvalue weighted by Crippen LogP contribution is -1.98. The summed E-state index contributed by atoms with van der Waals surface area (Å²) in [5.74, 6) is 0. The zero-order valence-corrected chi connectivity index (χ0v) is 10.6. The Morgan fingerprint density at radius 3 is 2.88 bits per heavy atom. The van der Waals surface area contributed by atoms with Crippen LogP contribution in [0.1, 0.15) is 6.92 Å². The molecule has 0 saturated carbocycles. The van der Waals surface area contributed by atoms with Crippen molar-refractivity contribution in [2.75, 3.05) is 0 Å². The van der Waals surface area contributed by atoms with Gasteiger partial charge in [-0.05, 0) is 19.1 Å². The highest BCUT2D eigenvalue weighted by Gasteiger charge is 1.94. The average molecular weight is 245 g/mol. The number of hydrogen-bond donors (Lipinski definition) is 2. The van der Waals surface area contributed by atoms with E-state index >= 15 is 0 Å². The van der Waals surface area contributed by atoms with Gasteiger partial charge in [0.05, 0.1) is 11.9 Å². The maximum absolute atomic E-state index is 5.83. The third kappa shape index (κ3) is 4.28. The standard InChI is InChI=1S/C13H15N3S/c1-3-5-13(14)10(4-2)7-16-11-6-12(17)9-15-8-11/h3-9,17H,2,14H2,1H3/b5-3-,13-10?,16-7?. The highest BCUT2D eigenvalue weighted by molar-refractivity contribution is 7.80. The zero-order chi connectivity index (χ0) is 12.7. The summed E-state index contributed by atoms with van der Waals surface area (Å²) >= 11 is 4.19. The van der Waals surface area contributed by atoms with E-state index in [4.69, 9.17) is 5.73 Å². The number of pyridine rings is 1. The van der Waals surface area contributed by atoms with E-state index < -0.39 is 0 Å². The van der Waals surface area contributed by atoms with Gasteiger partial charge in [-0.1, -0.05) is 18.7 Å². The van der Waals surface area contributed by atoms with E-state index in [1.54, 1.807) is 30.8 Å². The average Bonchev–Trinajstić information content (AvgIpc) is 2.30. The fraction of sp³-hybridized carbons (Fsp3) is 0.0769. The van der Waals surface area contributed by atoms with Gasteiger partial charge in [-0.15, -0.1) is 12.6 Å². The molecule has 4 heteroatoms. The molecule has 0 bridgehead atoms. The highest BCUT2D eigenvalue weighted by Crippen LogP contribution is 2.14. The Morgan fingerprint density at radius 2 is 2.29 bits per heavy atom. The van der Waals surface area contributed by atoms with Gasteiger partial charge in [0.15, 0.2) is 0 Å². The number of rotatable bonds is 4. The molecule has 0 saturated heterocycles. The summed E-state index contributed by atoms with van der Waals surface area (Å²) in [5, 5.41) is 0. The molecule has 1 aromatic rings. The second-order valence-electron chi connectivity index (χ2n) is 3.27. The fourth-order valence-corrected chi connectivity index (χ4v) is 1.35. The minimum atomic E-state index is 0.626. The van der Waals surface area contributed by atoms with Crippen LogP contribution in [0.2, 0.25) is 0 Å². The Hall–Kier alpha value is -1.81. The monoisotopic (exact) mass is 245 g/mol. The van der Waals surface area contributed by atoms with Gasteiger partial charge in [-0.3, -0.25) is 9.98 Å². The van der Waals surface area contributed by atoms with Crippen molar-refractivity contribution in [2.45, 2.75) is 11.8 Å². The molecule has 88 valence electrons. The molecule has 17 heavy (non-hydrogen) atoms. The van der Waals surface area contributed by atoms with Crippen LogP contribution in [0.3, 0.4) is 0 Å². The highest BCUT2D eigenvalue weighted by atomic mass is 32.1. The number of hydrogen-bond acceptors (Lipinski definition) is 4. The van der Waals surface area contributed by atoms with Crippen LogP contribution in [0.5, 0.6) is 0 Å². The first-order valence-electron chi connectivity index (χ1n) is 5.10. The van der Waals surface area contributed by atoms with Gasteiger partial charge in [-0.25, -0.2) is 0 Å². The second-order valence-corrected chi connectivity index (χ2v) is 3.79. The topological polar surface area (TPSA) is 51.3 Å². The van der Waals surface area contributed by atoms with Crippen molar-refractivity contribution in [3.05, 3.63) is 54.5 Å². The second kappa shape index (κ2) is 6.70. The van der Waals surface area contributed by atoms with Gasteiger partial charge in [-0.2, -0.15) is 0 Å². The van der Waals surface area contributed by atoms with Crippen molar-refractivity contribution in [1.82, 2.24) is 4.98 Å². The number of allylic oxidation sites excluding steroid dienone is 4. The molecular weight excluding hydrogens is 230 g/mol. The van der Waals surface area contributed by atoms with Crippen LogP contribution < -0.4 is 5.73 Å². The van der Waals surface area contributed by atoms with Gasteiger partial charge < -0.3 is 5.73 Å². The summed E-state index contributed by atoms with van der Waals surface area (Å²) in [6, 6.07) is 1.82. The lowest BCUT2D eigenvalue weighted by atomic mass is 10.2. The number of aromatic nitrogens is 1. The quantitative estimate of drug-likeness (QED) is 0.486. The van der Waals surface area contributed by atoms with Gasteiger partial charge in [0, 0.05) is 28.6 Å². The first-order chi connectivity index (χ1) is 8.17. The molecule has 0 fully saturated rings. The molecule has 0 atom stereocenters. The van der Waals surface area contributed by atoms with Crippen molar-refractivity contribution in [3.63, 3.8) is 0 Å². The van der Waals surface area contributed by atoms with Crippen molar-refractivity contribution in [2.24, 2.45) is 10.7 Å². The van der Waals surface area contributed by atoms with Gasteiger partial charge >= 0.3 is 0 Å². The molecule has 0 aliphatic heterocycles. The van der Waals surface area contributed by atoms with Crippen LogP contribution in [0.4, 0.5) is 5.69 Å². The number of thiol groups is 1. The van der Waals surface area contributed by atoms with Crippen LogP contribution in [-0.4, -0.2) is 11.2 Å². The normalized spacial score (nSPS) is 13.1. The first-order valence-corrected chi connectivity index (χ1v) is 5.55. The maximum atomic E-state index is 5.83. The maximum Gasteiger partial charge on any atom is 0.0824 e. The summed E-state index contributed by atoms with van der Waals surface area (Å²) in [6.45, 7) is 5.60. The summed E-state index contributed by atoms with van der Waals surface area (Å²) < 4.78 is 0. The summed E-state index contributed by atoms with van der Waals surface area (Å²) in [5.41, 5.74) is 7.96. The Kier molecular flexibility index (Phi) is 5.23. The van der Waals surface area contributed by atoms with E-state index in [2.05, 4.69) is 29.2 Å². The largest absolute Gasteiger partial charge is 0.398 e. The Labute approximate surface area is 107 Å². The first kappa shape index (κ1) is 13.3. The van der Waals surface area contributed by atoms with E-state index in [0.29, 0.717) is 5.70 Å². The van der Waals surface area contributed by atoms with Crippen molar-refractivity contribution >= 4 is 24.5 Å². The SMILES string of the molecule is C=CC(C=Nc1cncc(S)c1)=C(N)/C=C\C. The Morgan fingerprint density at radius 1 is 1.53 bits per heavy atom. The summed E-state index contributed by atoms with van der Waals surface area (Å²) in [4.78, 5) is 9.02. The van der Waals surface area contributed by atoms with Crippen LogP contribution in [0.15, 0.2) is 64.4 Å². The minimum absolute atomic E-state index is 0.626. The molecule has 1 rings (SSSR count). The molecule has 3 nitrogen and oxygen atoms in total. The number of aliphatic imine (C=N–C) groups is 1. The van der Waals surface area contributed by atoms with Gasteiger partial charge in [0.25, 0.3) is 0 Å². The van der Waals surface area contributed by atoms with Crippen molar-refractivity contribution < 1.29 is 0 Å². The smallest absolute Gasteiger partial charge is 0.0824 e. The predicted octanol–water partition coefficient (Wildman–Crippen LogP) is 3.05. The molecule has 0 aromatic carbocycles. The molecular formula is C13H15N3S. The fourth-order valence-electron chi connectivity index (χ4n) is 1.15. The summed E-state index contributed by atoms with van der Waals surface area (Å²) in [6.07, 6.45) is 10.3. The van der Waals surface area contributed by atoms with Gasteiger partial charge in [0.1, 0.15) is 0 Å². The van der Waals surface area contributed by atoms with Crippen LogP contribution >= 0.6 is 12.6 Å². The molecule has 0 aliphatic rings. The third-order valence-corrected chi connectivity index (χ3v) is 2.21. The number of nitrogens with two attached hydrogens (primary N) is 1. The lowest BCUT2D eigenvalue weighted by Gasteiger charge is -1.98. The van der Waals surface area contributed by atoms with Crippen LogP contribution in [-0.2, 0) is 0 Å². The molecule has 1 aromatic heterocycles. The van der Waals surface area contributed by atoms with Crippen LogP contribution in [0.25, 0.3) is 0 Å². The molecule has 0 aliphatic carbocycles. The molecule has 2 N–H and O–H groups in total. The van der Waals surface area contributed by atoms with Crippen molar-refractivity contribution in [3.8, 4) is 0 Å². The molecule has 0 unspecified atom stereocenters. The van der Waals surface area contributed by atoms with E-state index in [1.807, 2.05) is 19.1 Å². The minimum Gasteiger partial charge on any atom is -0.398 e. The van der Waals surface area contributed by atoms with E-state index in [0.717, 1.165) is 16.2 Å². The van der Waals surface area contributed by atoms with Crippen molar-refractivity contribution in [1.29, 1.82) is 0 Å². The Bertz CT molecular complexity index is 487. The van der Waals surface area contributed by atoms with Crippen LogP contribution in [0, 0.1) is 0 Å². The molecule has 0 amide bonds. The molecule has 0 spiro atoms. The van der Waals surface area contributed by atoms with Gasteiger partial charge in [0.2, 0.25) is 0 Å². The third-order valence-electron chi connectivity index (χ3n) is 1.96. The zero-order valence-electron chi connectivity index (χ0n) is 9.67. The molecule has 0 radical (unpaired) electrons. The summed E-state index contributed by atoms with van der Waals surface area (Å²) in [7, 11) is 0. The lowest BCUT2D eigenvalue weighted by molar-refractivity contribution is 1.23.